The van der Waals surface area contributed by atoms with Gasteiger partial charge in [-0.1, -0.05) is 24.4 Å². The minimum absolute atomic E-state index is 0.0748. The number of aliphatic hydroxyl groups excluding tert-OH is 1. The van der Waals surface area contributed by atoms with E-state index in [2.05, 4.69) is 14.9 Å². The van der Waals surface area contributed by atoms with Crippen LogP contribution >= 0.6 is 11.6 Å². The van der Waals surface area contributed by atoms with E-state index in [0.717, 1.165) is 25.8 Å². The van der Waals surface area contributed by atoms with Gasteiger partial charge in [-0.2, -0.15) is 0 Å². The van der Waals surface area contributed by atoms with E-state index in [1.54, 1.807) is 0 Å². The molecule has 6 heteroatoms. The third kappa shape index (κ3) is 2.61. The molecule has 2 rings (SSSR count). The van der Waals surface area contributed by atoms with Gasteiger partial charge in [0.15, 0.2) is 11.0 Å². The van der Waals surface area contributed by atoms with Gasteiger partial charge in [0.1, 0.15) is 12.0 Å². The highest BCUT2D eigenvalue weighted by molar-refractivity contribution is 6.32. The molecule has 1 aromatic heterocycles. The van der Waals surface area contributed by atoms with Crippen LogP contribution in [-0.4, -0.2) is 34.3 Å². The highest BCUT2D eigenvalue weighted by atomic mass is 35.5. The zero-order valence-corrected chi connectivity index (χ0v) is 10.4. The molecule has 2 heterocycles. The maximum Gasteiger partial charge on any atom is 0.157 e. The van der Waals surface area contributed by atoms with E-state index in [4.69, 9.17) is 17.3 Å². The second kappa shape index (κ2) is 5.51. The first-order chi connectivity index (χ1) is 8.24. The molecule has 17 heavy (non-hydrogen) atoms. The monoisotopic (exact) mass is 256 g/mol. The number of aromatic nitrogens is 2. The summed E-state index contributed by atoms with van der Waals surface area (Å²) in [5.41, 5.74) is 6.30. The number of nitrogen functional groups attached to an aromatic ring is 1. The van der Waals surface area contributed by atoms with Gasteiger partial charge in [-0.15, -0.1) is 0 Å². The Labute approximate surface area is 106 Å². The van der Waals surface area contributed by atoms with Crippen LogP contribution in [0.2, 0.25) is 5.15 Å². The summed E-state index contributed by atoms with van der Waals surface area (Å²) in [6.45, 7) is 0.962. The van der Waals surface area contributed by atoms with Crippen LogP contribution in [0.1, 0.15) is 25.7 Å². The summed E-state index contributed by atoms with van der Waals surface area (Å²) in [5, 5.41) is 9.72. The highest BCUT2D eigenvalue weighted by Gasteiger charge is 2.24. The molecule has 0 saturated carbocycles. The molecule has 0 aliphatic carbocycles. The summed E-state index contributed by atoms with van der Waals surface area (Å²) >= 11 is 5.90. The number of rotatable bonds is 2. The van der Waals surface area contributed by atoms with Crippen molar-refractivity contribution >= 4 is 23.1 Å². The Hall–Kier alpha value is -1.07. The molecule has 1 fully saturated rings. The first-order valence-corrected chi connectivity index (χ1v) is 6.25. The lowest BCUT2D eigenvalue weighted by Gasteiger charge is -2.30. The molecule has 1 aromatic rings. The Morgan fingerprint density at radius 3 is 3.00 bits per heavy atom. The lowest BCUT2D eigenvalue weighted by Crippen LogP contribution is -2.38. The van der Waals surface area contributed by atoms with Crippen LogP contribution in [0.15, 0.2) is 6.33 Å². The summed E-state index contributed by atoms with van der Waals surface area (Å²) in [7, 11) is 0. The van der Waals surface area contributed by atoms with Gasteiger partial charge in [0.05, 0.1) is 12.6 Å². The zero-order valence-electron chi connectivity index (χ0n) is 9.64. The SMILES string of the molecule is Nc1c(Cl)ncnc1N1CCCCCC1CO. The lowest BCUT2D eigenvalue weighted by molar-refractivity contribution is 0.254. The standard InChI is InChI=1S/C11H17ClN4O/c12-10-9(13)11(15-7-14-10)16-5-3-1-2-4-8(16)6-17/h7-8,17H,1-6,13H2. The first kappa shape index (κ1) is 12.4. The molecule has 1 unspecified atom stereocenters. The summed E-state index contributed by atoms with van der Waals surface area (Å²) in [5.74, 6) is 0.644. The van der Waals surface area contributed by atoms with E-state index in [1.165, 1.54) is 12.7 Å². The van der Waals surface area contributed by atoms with Gasteiger partial charge in [-0.25, -0.2) is 9.97 Å². The van der Waals surface area contributed by atoms with Crippen molar-refractivity contribution in [2.45, 2.75) is 31.7 Å². The number of aliphatic hydroxyl groups is 1. The van der Waals surface area contributed by atoms with Gasteiger partial charge in [-0.3, -0.25) is 0 Å². The molecule has 5 nitrogen and oxygen atoms in total. The number of nitrogens with two attached hydrogens (primary N) is 1. The summed E-state index contributed by atoms with van der Waals surface area (Å²) in [4.78, 5) is 10.1. The number of anilines is 2. The maximum absolute atomic E-state index is 9.45. The van der Waals surface area contributed by atoms with Crippen molar-refractivity contribution < 1.29 is 5.11 Å². The normalized spacial score (nSPS) is 21.3. The minimum atomic E-state index is 0.0748. The van der Waals surface area contributed by atoms with Gasteiger partial charge in [0, 0.05) is 6.54 Å². The number of hydrogen-bond donors (Lipinski definition) is 2. The lowest BCUT2D eigenvalue weighted by atomic mass is 10.1. The molecule has 0 radical (unpaired) electrons. The molecule has 1 aliphatic heterocycles. The van der Waals surface area contributed by atoms with Crippen molar-refractivity contribution in [3.63, 3.8) is 0 Å². The fourth-order valence-corrected chi connectivity index (χ4v) is 2.37. The molecule has 1 atom stereocenters. The molecular formula is C11H17ClN4O. The molecular weight excluding hydrogens is 240 g/mol. The molecule has 0 aromatic carbocycles. The zero-order chi connectivity index (χ0) is 12.3. The van der Waals surface area contributed by atoms with Crippen molar-refractivity contribution in [2.24, 2.45) is 0 Å². The van der Waals surface area contributed by atoms with Gasteiger partial charge in [-0.05, 0) is 12.8 Å². The van der Waals surface area contributed by atoms with Gasteiger partial charge >= 0.3 is 0 Å². The smallest absolute Gasteiger partial charge is 0.157 e. The average molecular weight is 257 g/mol. The minimum Gasteiger partial charge on any atom is -0.394 e. The quantitative estimate of drug-likeness (QED) is 0.784. The number of halogens is 1. The summed E-state index contributed by atoms with van der Waals surface area (Å²) in [6, 6.07) is 0.0748. The molecule has 3 N–H and O–H groups in total. The Bertz CT molecular complexity index is 388. The van der Waals surface area contributed by atoms with E-state index in [0.29, 0.717) is 11.5 Å². The van der Waals surface area contributed by atoms with Gasteiger partial charge in [0.25, 0.3) is 0 Å². The van der Waals surface area contributed by atoms with E-state index in [1.807, 2.05) is 0 Å². The van der Waals surface area contributed by atoms with E-state index in [-0.39, 0.29) is 17.8 Å². The third-order valence-corrected chi connectivity index (χ3v) is 3.48. The number of nitrogens with zero attached hydrogens (tertiary/aromatic N) is 3. The highest BCUT2D eigenvalue weighted by Crippen LogP contribution is 2.30. The van der Waals surface area contributed by atoms with Crippen LogP contribution in [0.3, 0.4) is 0 Å². The first-order valence-electron chi connectivity index (χ1n) is 5.87. The predicted octanol–water partition coefficient (Wildman–Crippen LogP) is 1.45. The fourth-order valence-electron chi connectivity index (χ4n) is 2.24. The topological polar surface area (TPSA) is 75.3 Å². The fraction of sp³-hybridized carbons (Fsp3) is 0.636. The van der Waals surface area contributed by atoms with Crippen LogP contribution in [0, 0.1) is 0 Å². The Balaban J connectivity index is 2.31. The second-order valence-electron chi connectivity index (χ2n) is 4.28. The molecule has 0 bridgehead atoms. The molecule has 0 spiro atoms. The van der Waals surface area contributed by atoms with Crippen molar-refractivity contribution in [3.8, 4) is 0 Å². The third-order valence-electron chi connectivity index (χ3n) is 3.17. The van der Waals surface area contributed by atoms with E-state index >= 15 is 0 Å². The van der Waals surface area contributed by atoms with Crippen LogP contribution in [0.5, 0.6) is 0 Å². The van der Waals surface area contributed by atoms with Gasteiger partial charge < -0.3 is 15.7 Å². The predicted molar refractivity (Wildman–Crippen MR) is 68.1 cm³/mol. The largest absolute Gasteiger partial charge is 0.394 e. The number of hydrogen-bond acceptors (Lipinski definition) is 5. The van der Waals surface area contributed by atoms with Crippen molar-refractivity contribution in [2.75, 3.05) is 23.8 Å². The van der Waals surface area contributed by atoms with E-state index < -0.39 is 0 Å². The average Bonchev–Trinajstić information content (AvgIpc) is 2.57. The van der Waals surface area contributed by atoms with Crippen molar-refractivity contribution in [3.05, 3.63) is 11.5 Å². The Morgan fingerprint density at radius 1 is 1.41 bits per heavy atom. The van der Waals surface area contributed by atoms with Gasteiger partial charge in [0.2, 0.25) is 0 Å². The van der Waals surface area contributed by atoms with Crippen molar-refractivity contribution in [1.29, 1.82) is 0 Å². The van der Waals surface area contributed by atoms with E-state index in [9.17, 15) is 5.11 Å². The Kier molecular flexibility index (Phi) is 4.02. The second-order valence-corrected chi connectivity index (χ2v) is 4.64. The molecule has 94 valence electrons. The van der Waals surface area contributed by atoms with Crippen LogP contribution in [0.25, 0.3) is 0 Å². The van der Waals surface area contributed by atoms with Crippen LogP contribution < -0.4 is 10.6 Å². The molecule has 1 aliphatic rings. The van der Waals surface area contributed by atoms with Crippen molar-refractivity contribution in [1.82, 2.24) is 9.97 Å². The van der Waals surface area contributed by atoms with Crippen LogP contribution in [-0.2, 0) is 0 Å². The Morgan fingerprint density at radius 2 is 2.24 bits per heavy atom. The maximum atomic E-state index is 9.45. The van der Waals surface area contributed by atoms with Crippen LogP contribution in [0.4, 0.5) is 11.5 Å². The molecule has 0 amide bonds. The molecule has 1 saturated heterocycles. The summed E-state index contributed by atoms with van der Waals surface area (Å²) in [6.07, 6.45) is 5.74. The summed E-state index contributed by atoms with van der Waals surface area (Å²) < 4.78 is 0.